The van der Waals surface area contributed by atoms with E-state index in [0.29, 0.717) is 16.7 Å². The molecular formula is C19H17Cl2NOS. The highest BCUT2D eigenvalue weighted by Crippen LogP contribution is 2.24. The molecule has 0 saturated heterocycles. The van der Waals surface area contributed by atoms with Gasteiger partial charge in [-0.3, -0.25) is 0 Å². The fourth-order valence-corrected chi connectivity index (χ4v) is 3.31. The van der Waals surface area contributed by atoms with Gasteiger partial charge in [0.25, 0.3) is 0 Å². The second kappa shape index (κ2) is 8.54. The normalized spacial score (nSPS) is 10.8. The van der Waals surface area contributed by atoms with Crippen LogP contribution in [0.5, 0.6) is 5.75 Å². The third-order valence-electron chi connectivity index (χ3n) is 3.55. The standard InChI is InChI=1S/C19H17Cl2NOS/c20-17-8-7-14(10-18(17)21)13-23-19-6-2-1-4-15(19)11-22-12-16-5-3-9-24-16/h1-10,22H,11-13H2. The zero-order valence-corrected chi connectivity index (χ0v) is 15.3. The number of thiophene rings is 1. The number of halogens is 2. The van der Waals surface area contributed by atoms with Crippen LogP contribution in [-0.4, -0.2) is 0 Å². The zero-order chi connectivity index (χ0) is 16.8. The van der Waals surface area contributed by atoms with Gasteiger partial charge in [0.1, 0.15) is 12.4 Å². The molecule has 3 rings (SSSR count). The van der Waals surface area contributed by atoms with Crippen LogP contribution in [0.2, 0.25) is 10.0 Å². The SMILES string of the molecule is Clc1ccc(COc2ccccc2CNCc2cccs2)cc1Cl. The van der Waals surface area contributed by atoms with Crippen molar-refractivity contribution in [2.24, 2.45) is 0 Å². The summed E-state index contributed by atoms with van der Waals surface area (Å²) in [4.78, 5) is 1.32. The monoisotopic (exact) mass is 377 g/mol. The van der Waals surface area contributed by atoms with Crippen molar-refractivity contribution in [2.45, 2.75) is 19.7 Å². The summed E-state index contributed by atoms with van der Waals surface area (Å²) < 4.78 is 5.97. The van der Waals surface area contributed by atoms with Crippen LogP contribution in [0.25, 0.3) is 0 Å². The molecule has 1 heterocycles. The molecule has 2 nitrogen and oxygen atoms in total. The summed E-state index contributed by atoms with van der Waals surface area (Å²) in [5.74, 6) is 0.877. The Labute approximate surface area is 156 Å². The Kier molecular flexibility index (Phi) is 6.16. The molecule has 0 aliphatic rings. The number of ether oxygens (including phenoxy) is 1. The first-order valence-corrected chi connectivity index (χ1v) is 9.23. The van der Waals surface area contributed by atoms with Crippen molar-refractivity contribution in [3.63, 3.8) is 0 Å². The lowest BCUT2D eigenvalue weighted by Crippen LogP contribution is -2.12. The average Bonchev–Trinajstić information content (AvgIpc) is 3.10. The third kappa shape index (κ3) is 4.74. The first kappa shape index (κ1) is 17.3. The van der Waals surface area contributed by atoms with Crippen LogP contribution < -0.4 is 10.1 Å². The van der Waals surface area contributed by atoms with Crippen molar-refractivity contribution in [1.82, 2.24) is 5.32 Å². The number of hydrogen-bond acceptors (Lipinski definition) is 3. The maximum absolute atomic E-state index is 6.05. The van der Waals surface area contributed by atoms with Crippen LogP contribution in [0.1, 0.15) is 16.0 Å². The van der Waals surface area contributed by atoms with E-state index < -0.39 is 0 Å². The molecule has 0 radical (unpaired) electrons. The fourth-order valence-electron chi connectivity index (χ4n) is 2.31. The van der Waals surface area contributed by atoms with Crippen LogP contribution in [0.4, 0.5) is 0 Å². The maximum Gasteiger partial charge on any atom is 0.124 e. The smallest absolute Gasteiger partial charge is 0.124 e. The van der Waals surface area contributed by atoms with Gasteiger partial charge in [0, 0.05) is 23.5 Å². The molecule has 1 aromatic heterocycles. The Morgan fingerprint density at radius 1 is 0.917 bits per heavy atom. The third-order valence-corrected chi connectivity index (χ3v) is 5.16. The van der Waals surface area contributed by atoms with E-state index in [1.165, 1.54) is 4.88 Å². The van der Waals surface area contributed by atoms with Crippen molar-refractivity contribution >= 4 is 34.5 Å². The summed E-state index contributed by atoms with van der Waals surface area (Å²) in [5.41, 5.74) is 2.12. The number of nitrogens with one attached hydrogen (secondary N) is 1. The predicted octanol–water partition coefficient (Wildman–Crippen LogP) is 5.92. The summed E-state index contributed by atoms with van der Waals surface area (Å²) in [6.45, 7) is 2.08. The molecule has 0 saturated carbocycles. The van der Waals surface area contributed by atoms with Crippen molar-refractivity contribution < 1.29 is 4.74 Å². The zero-order valence-electron chi connectivity index (χ0n) is 13.0. The summed E-state index contributed by atoms with van der Waals surface area (Å²) in [6.07, 6.45) is 0. The summed E-state index contributed by atoms with van der Waals surface area (Å²) in [6, 6.07) is 17.8. The lowest BCUT2D eigenvalue weighted by Gasteiger charge is -2.12. The molecule has 3 aromatic rings. The van der Waals surface area contributed by atoms with E-state index in [2.05, 4.69) is 28.9 Å². The topological polar surface area (TPSA) is 21.3 Å². The fraction of sp³-hybridized carbons (Fsp3) is 0.158. The summed E-state index contributed by atoms with van der Waals surface area (Å²) in [5, 5.41) is 6.64. The van der Waals surface area contributed by atoms with E-state index >= 15 is 0 Å². The lowest BCUT2D eigenvalue weighted by molar-refractivity contribution is 0.302. The van der Waals surface area contributed by atoms with Gasteiger partial charge in [-0.2, -0.15) is 0 Å². The summed E-state index contributed by atoms with van der Waals surface area (Å²) >= 11 is 13.7. The molecule has 2 aromatic carbocycles. The van der Waals surface area contributed by atoms with Gasteiger partial charge in [-0.15, -0.1) is 11.3 Å². The Balaban J connectivity index is 1.59. The molecule has 0 fully saturated rings. The van der Waals surface area contributed by atoms with E-state index in [0.717, 1.165) is 30.0 Å². The highest BCUT2D eigenvalue weighted by molar-refractivity contribution is 7.09. The van der Waals surface area contributed by atoms with Crippen molar-refractivity contribution in [2.75, 3.05) is 0 Å². The van der Waals surface area contributed by atoms with Gasteiger partial charge in [-0.05, 0) is 35.2 Å². The number of rotatable bonds is 7. The largest absolute Gasteiger partial charge is 0.489 e. The summed E-state index contributed by atoms with van der Waals surface area (Å²) in [7, 11) is 0. The van der Waals surface area contributed by atoms with Gasteiger partial charge in [0.2, 0.25) is 0 Å². The Morgan fingerprint density at radius 3 is 2.58 bits per heavy atom. The highest BCUT2D eigenvalue weighted by atomic mass is 35.5. The Bertz CT molecular complexity index is 790. The van der Waals surface area contributed by atoms with E-state index in [1.807, 2.05) is 30.3 Å². The highest BCUT2D eigenvalue weighted by Gasteiger charge is 2.05. The second-order valence-corrected chi connectivity index (χ2v) is 7.17. The number of para-hydroxylation sites is 1. The molecule has 0 aliphatic heterocycles. The van der Waals surface area contributed by atoms with Crippen molar-refractivity contribution in [3.8, 4) is 5.75 Å². The van der Waals surface area contributed by atoms with Crippen molar-refractivity contribution in [1.29, 1.82) is 0 Å². The average molecular weight is 378 g/mol. The van der Waals surface area contributed by atoms with Gasteiger partial charge in [-0.25, -0.2) is 0 Å². The number of hydrogen-bond donors (Lipinski definition) is 1. The molecule has 24 heavy (non-hydrogen) atoms. The molecular weight excluding hydrogens is 361 g/mol. The Hall–Kier alpha value is -1.52. The molecule has 0 unspecified atom stereocenters. The predicted molar refractivity (Wildman–Crippen MR) is 102 cm³/mol. The van der Waals surface area contributed by atoms with E-state index in [9.17, 15) is 0 Å². The van der Waals surface area contributed by atoms with Crippen LogP contribution >= 0.6 is 34.5 Å². The van der Waals surface area contributed by atoms with Gasteiger partial charge in [0.15, 0.2) is 0 Å². The first-order valence-electron chi connectivity index (χ1n) is 7.60. The molecule has 0 aliphatic carbocycles. The molecule has 1 N–H and O–H groups in total. The van der Waals surface area contributed by atoms with Gasteiger partial charge < -0.3 is 10.1 Å². The van der Waals surface area contributed by atoms with Crippen LogP contribution in [0.3, 0.4) is 0 Å². The second-order valence-electron chi connectivity index (χ2n) is 5.33. The molecule has 0 bridgehead atoms. The van der Waals surface area contributed by atoms with Gasteiger partial charge >= 0.3 is 0 Å². The minimum absolute atomic E-state index is 0.457. The van der Waals surface area contributed by atoms with Crippen LogP contribution in [-0.2, 0) is 19.7 Å². The molecule has 124 valence electrons. The van der Waals surface area contributed by atoms with Crippen LogP contribution in [0, 0.1) is 0 Å². The van der Waals surface area contributed by atoms with E-state index in [-0.39, 0.29) is 0 Å². The van der Waals surface area contributed by atoms with Gasteiger partial charge in [0.05, 0.1) is 10.0 Å². The molecule has 0 atom stereocenters. The minimum atomic E-state index is 0.457. The molecule has 5 heteroatoms. The van der Waals surface area contributed by atoms with Gasteiger partial charge in [-0.1, -0.05) is 53.5 Å². The molecule has 0 amide bonds. The molecule has 0 spiro atoms. The quantitative estimate of drug-likeness (QED) is 0.551. The lowest BCUT2D eigenvalue weighted by atomic mass is 10.2. The first-order chi connectivity index (χ1) is 11.7. The van der Waals surface area contributed by atoms with E-state index in [1.54, 1.807) is 17.4 Å². The van der Waals surface area contributed by atoms with Crippen molar-refractivity contribution in [3.05, 3.63) is 86.0 Å². The minimum Gasteiger partial charge on any atom is -0.489 e. The van der Waals surface area contributed by atoms with Crippen LogP contribution in [0.15, 0.2) is 60.0 Å². The van der Waals surface area contributed by atoms with E-state index in [4.69, 9.17) is 27.9 Å². The Morgan fingerprint density at radius 2 is 1.79 bits per heavy atom. The maximum atomic E-state index is 6.05. The number of benzene rings is 2.